The molecule has 0 aliphatic rings. The average molecular weight is 306 g/mol. The highest BCUT2D eigenvalue weighted by Gasteiger charge is 2.13. The Morgan fingerprint density at radius 2 is 1.86 bits per heavy atom. The molecule has 1 unspecified atom stereocenters. The van der Waals surface area contributed by atoms with E-state index in [1.54, 1.807) is 24.3 Å². The van der Waals surface area contributed by atoms with Gasteiger partial charge in [-0.2, -0.15) is 0 Å². The first-order valence-electron chi connectivity index (χ1n) is 6.66. The summed E-state index contributed by atoms with van der Waals surface area (Å²) in [5, 5.41) is 10.00. The number of hydrogen-bond acceptors (Lipinski definition) is 4. The van der Waals surface area contributed by atoms with Gasteiger partial charge in [0, 0.05) is 11.8 Å². The van der Waals surface area contributed by atoms with E-state index >= 15 is 0 Å². The van der Waals surface area contributed by atoms with Crippen LogP contribution in [-0.4, -0.2) is 19.8 Å². The Balaban J connectivity index is 2.35. The molecular weight excluding hydrogens is 288 g/mol. The first-order valence-corrected chi connectivity index (χ1v) is 8.56. The Bertz CT molecular complexity index is 723. The van der Waals surface area contributed by atoms with Crippen molar-refractivity contribution in [3.8, 4) is 11.5 Å². The molecule has 0 spiro atoms. The molecule has 5 heteroatoms. The SMILES string of the molecule is CCC(O)c1ccccc1Oc1cccc(S(C)(=O)=O)c1. The summed E-state index contributed by atoms with van der Waals surface area (Å²) in [7, 11) is -3.28. The highest BCUT2D eigenvalue weighted by Crippen LogP contribution is 2.31. The van der Waals surface area contributed by atoms with E-state index in [0.29, 0.717) is 23.5 Å². The van der Waals surface area contributed by atoms with Gasteiger partial charge in [-0.3, -0.25) is 0 Å². The second-order valence-corrected chi connectivity index (χ2v) is 6.83. The van der Waals surface area contributed by atoms with Gasteiger partial charge in [0.2, 0.25) is 0 Å². The summed E-state index contributed by atoms with van der Waals surface area (Å²) in [6.45, 7) is 1.88. The third kappa shape index (κ3) is 3.83. The zero-order valence-electron chi connectivity index (χ0n) is 12.0. The predicted molar refractivity (Wildman–Crippen MR) is 81.3 cm³/mol. The van der Waals surface area contributed by atoms with Gasteiger partial charge in [-0.25, -0.2) is 8.42 Å². The van der Waals surface area contributed by atoms with E-state index in [2.05, 4.69) is 0 Å². The number of rotatable bonds is 5. The number of para-hydroxylation sites is 1. The van der Waals surface area contributed by atoms with Gasteiger partial charge in [0.1, 0.15) is 11.5 Å². The smallest absolute Gasteiger partial charge is 0.175 e. The maximum atomic E-state index is 11.6. The molecule has 21 heavy (non-hydrogen) atoms. The lowest BCUT2D eigenvalue weighted by atomic mass is 10.1. The van der Waals surface area contributed by atoms with Crippen LogP contribution in [0.3, 0.4) is 0 Å². The lowest BCUT2D eigenvalue weighted by molar-refractivity contribution is 0.170. The molecule has 0 aliphatic heterocycles. The van der Waals surface area contributed by atoms with E-state index in [4.69, 9.17) is 4.74 Å². The predicted octanol–water partition coefficient (Wildman–Crippen LogP) is 3.33. The molecule has 1 N–H and O–H groups in total. The highest BCUT2D eigenvalue weighted by atomic mass is 32.2. The lowest BCUT2D eigenvalue weighted by Gasteiger charge is -2.15. The van der Waals surface area contributed by atoms with E-state index < -0.39 is 15.9 Å². The minimum Gasteiger partial charge on any atom is -0.457 e. The van der Waals surface area contributed by atoms with Gasteiger partial charge in [-0.05, 0) is 30.7 Å². The van der Waals surface area contributed by atoms with Crippen molar-refractivity contribution < 1.29 is 18.3 Å². The van der Waals surface area contributed by atoms with Gasteiger partial charge < -0.3 is 9.84 Å². The van der Waals surface area contributed by atoms with Crippen LogP contribution in [0.15, 0.2) is 53.4 Å². The largest absolute Gasteiger partial charge is 0.457 e. The van der Waals surface area contributed by atoms with Gasteiger partial charge in [-0.1, -0.05) is 31.2 Å². The van der Waals surface area contributed by atoms with Crippen molar-refractivity contribution in [1.82, 2.24) is 0 Å². The summed E-state index contributed by atoms with van der Waals surface area (Å²) in [5.41, 5.74) is 0.685. The molecule has 4 nitrogen and oxygen atoms in total. The molecule has 0 fully saturated rings. The van der Waals surface area contributed by atoms with Crippen molar-refractivity contribution in [2.24, 2.45) is 0 Å². The maximum Gasteiger partial charge on any atom is 0.175 e. The number of aliphatic hydroxyl groups excluding tert-OH is 1. The van der Waals surface area contributed by atoms with Crippen LogP contribution in [0.1, 0.15) is 25.0 Å². The van der Waals surface area contributed by atoms with Crippen LogP contribution in [0.2, 0.25) is 0 Å². The van der Waals surface area contributed by atoms with Crippen LogP contribution in [0.5, 0.6) is 11.5 Å². The van der Waals surface area contributed by atoms with E-state index in [1.807, 2.05) is 19.1 Å². The fraction of sp³-hybridized carbons (Fsp3) is 0.250. The summed E-state index contributed by atoms with van der Waals surface area (Å²) < 4.78 is 28.9. The Morgan fingerprint density at radius 1 is 1.14 bits per heavy atom. The highest BCUT2D eigenvalue weighted by molar-refractivity contribution is 7.90. The Morgan fingerprint density at radius 3 is 2.52 bits per heavy atom. The maximum absolute atomic E-state index is 11.6. The fourth-order valence-electron chi connectivity index (χ4n) is 1.96. The number of aliphatic hydroxyl groups is 1. The van der Waals surface area contributed by atoms with Crippen molar-refractivity contribution in [3.63, 3.8) is 0 Å². The number of hydrogen-bond donors (Lipinski definition) is 1. The molecule has 112 valence electrons. The molecule has 2 aromatic carbocycles. The number of ether oxygens (including phenoxy) is 1. The van der Waals surface area contributed by atoms with Gasteiger partial charge in [0.05, 0.1) is 11.0 Å². The zero-order chi connectivity index (χ0) is 15.5. The Labute approximate surface area is 124 Å². The van der Waals surface area contributed by atoms with Crippen LogP contribution < -0.4 is 4.74 Å². The van der Waals surface area contributed by atoms with Crippen LogP contribution >= 0.6 is 0 Å². The molecule has 1 atom stereocenters. The minimum absolute atomic E-state index is 0.202. The molecule has 0 aliphatic carbocycles. The summed E-state index contributed by atoms with van der Waals surface area (Å²) in [4.78, 5) is 0.202. The molecular formula is C16H18O4S. The standard InChI is InChI=1S/C16H18O4S/c1-3-15(17)14-9-4-5-10-16(14)20-12-7-6-8-13(11-12)21(2,18)19/h4-11,15,17H,3H2,1-2H3. The number of sulfone groups is 1. The van der Waals surface area contributed by atoms with E-state index in [9.17, 15) is 13.5 Å². The third-order valence-electron chi connectivity index (χ3n) is 3.13. The Kier molecular flexibility index (Phi) is 4.65. The van der Waals surface area contributed by atoms with Gasteiger partial charge in [0.25, 0.3) is 0 Å². The normalized spacial score (nSPS) is 12.9. The molecule has 0 radical (unpaired) electrons. The quantitative estimate of drug-likeness (QED) is 0.920. The molecule has 2 rings (SSSR count). The van der Waals surface area contributed by atoms with Crippen molar-refractivity contribution in [2.75, 3.05) is 6.26 Å². The first-order chi connectivity index (χ1) is 9.91. The molecule has 0 heterocycles. The topological polar surface area (TPSA) is 63.6 Å². The molecule has 2 aromatic rings. The second kappa shape index (κ2) is 6.28. The molecule has 0 saturated carbocycles. The average Bonchev–Trinajstić information content (AvgIpc) is 2.46. The third-order valence-corrected chi connectivity index (χ3v) is 4.24. The van der Waals surface area contributed by atoms with Crippen LogP contribution in [0.25, 0.3) is 0 Å². The minimum atomic E-state index is -3.28. The summed E-state index contributed by atoms with van der Waals surface area (Å²) in [5.74, 6) is 0.950. The van der Waals surface area contributed by atoms with Gasteiger partial charge in [0.15, 0.2) is 9.84 Å². The van der Waals surface area contributed by atoms with Crippen LogP contribution in [-0.2, 0) is 9.84 Å². The Hall–Kier alpha value is -1.85. The van der Waals surface area contributed by atoms with Crippen LogP contribution in [0.4, 0.5) is 0 Å². The summed E-state index contributed by atoms with van der Waals surface area (Å²) in [6, 6.07) is 13.5. The van der Waals surface area contributed by atoms with Crippen molar-refractivity contribution in [1.29, 1.82) is 0 Å². The lowest BCUT2D eigenvalue weighted by Crippen LogP contribution is -2.00. The van der Waals surface area contributed by atoms with Crippen molar-refractivity contribution in [2.45, 2.75) is 24.3 Å². The molecule has 0 aromatic heterocycles. The van der Waals surface area contributed by atoms with Crippen molar-refractivity contribution in [3.05, 3.63) is 54.1 Å². The van der Waals surface area contributed by atoms with Crippen LogP contribution in [0, 0.1) is 0 Å². The van der Waals surface area contributed by atoms with Gasteiger partial charge in [-0.15, -0.1) is 0 Å². The van der Waals surface area contributed by atoms with E-state index in [1.165, 1.54) is 12.1 Å². The monoisotopic (exact) mass is 306 g/mol. The zero-order valence-corrected chi connectivity index (χ0v) is 12.8. The second-order valence-electron chi connectivity index (χ2n) is 4.81. The number of benzene rings is 2. The summed E-state index contributed by atoms with van der Waals surface area (Å²) >= 11 is 0. The molecule has 0 amide bonds. The van der Waals surface area contributed by atoms with Gasteiger partial charge >= 0.3 is 0 Å². The first kappa shape index (κ1) is 15.5. The summed E-state index contributed by atoms with van der Waals surface area (Å²) in [6.07, 6.45) is 1.12. The molecule has 0 bridgehead atoms. The van der Waals surface area contributed by atoms with E-state index in [-0.39, 0.29) is 4.90 Å². The van der Waals surface area contributed by atoms with E-state index in [0.717, 1.165) is 6.26 Å². The molecule has 0 saturated heterocycles. The van der Waals surface area contributed by atoms with Crippen molar-refractivity contribution >= 4 is 9.84 Å². The fourth-order valence-corrected chi connectivity index (χ4v) is 2.62.